The molecule has 0 saturated carbocycles. The monoisotopic (exact) mass is 303 g/mol. The predicted octanol–water partition coefficient (Wildman–Crippen LogP) is 0.288. The van der Waals surface area contributed by atoms with Crippen molar-refractivity contribution >= 4 is 5.91 Å². The van der Waals surface area contributed by atoms with Crippen molar-refractivity contribution in [2.75, 3.05) is 26.3 Å². The summed E-state index contributed by atoms with van der Waals surface area (Å²) in [5, 5.41) is 11.0. The molecule has 0 bridgehead atoms. The van der Waals surface area contributed by atoms with Crippen molar-refractivity contribution < 1.29 is 14.3 Å². The van der Waals surface area contributed by atoms with E-state index in [2.05, 4.69) is 15.5 Å². The predicted molar refractivity (Wildman–Crippen MR) is 76.6 cm³/mol. The number of aromatic nitrogens is 4. The number of hydrogen-bond acceptors (Lipinski definition) is 6. The summed E-state index contributed by atoms with van der Waals surface area (Å²) in [6, 6.07) is 7.26. The molecule has 8 heteroatoms. The van der Waals surface area contributed by atoms with Crippen molar-refractivity contribution in [2.24, 2.45) is 0 Å². The number of tetrazole rings is 1. The van der Waals surface area contributed by atoms with Gasteiger partial charge in [0.2, 0.25) is 0 Å². The van der Waals surface area contributed by atoms with Crippen LogP contribution in [0.4, 0.5) is 0 Å². The third-order valence-electron chi connectivity index (χ3n) is 3.39. The van der Waals surface area contributed by atoms with Crippen molar-refractivity contribution in [3.8, 4) is 11.4 Å². The minimum Gasteiger partial charge on any atom is -0.484 e. The van der Waals surface area contributed by atoms with E-state index in [1.165, 1.54) is 11.0 Å². The van der Waals surface area contributed by atoms with Gasteiger partial charge in [-0.05, 0) is 29.5 Å². The van der Waals surface area contributed by atoms with Gasteiger partial charge in [-0.1, -0.05) is 6.07 Å². The van der Waals surface area contributed by atoms with E-state index in [9.17, 15) is 4.79 Å². The van der Waals surface area contributed by atoms with Gasteiger partial charge in [-0.15, -0.1) is 5.10 Å². The summed E-state index contributed by atoms with van der Waals surface area (Å²) in [7, 11) is 0. The highest BCUT2D eigenvalue weighted by atomic mass is 16.5. The topological polar surface area (TPSA) is 82.4 Å². The molecule has 116 valence electrons. The summed E-state index contributed by atoms with van der Waals surface area (Å²) < 4.78 is 12.5. The first-order chi connectivity index (χ1) is 10.7. The SMILES string of the molecule is C[C@@H]1CN(C(=O)COc2cccc(-n3cnnn3)c2)CCO1. The van der Waals surface area contributed by atoms with Gasteiger partial charge >= 0.3 is 0 Å². The molecule has 1 atom stereocenters. The van der Waals surface area contributed by atoms with Gasteiger partial charge in [-0.2, -0.15) is 0 Å². The maximum atomic E-state index is 12.1. The highest BCUT2D eigenvalue weighted by Gasteiger charge is 2.21. The number of morpholine rings is 1. The van der Waals surface area contributed by atoms with Crippen LogP contribution >= 0.6 is 0 Å². The summed E-state index contributed by atoms with van der Waals surface area (Å²) in [5.41, 5.74) is 0.773. The van der Waals surface area contributed by atoms with Crippen LogP contribution < -0.4 is 4.74 Å². The standard InChI is InChI=1S/C14H17N5O3/c1-11-8-18(5-6-21-11)14(20)9-22-13-4-2-3-12(7-13)19-10-15-16-17-19/h2-4,7,10-11H,5-6,8-9H2,1H3/t11-/m1/s1. The Bertz CT molecular complexity index is 631. The maximum absolute atomic E-state index is 12.1. The van der Waals surface area contributed by atoms with E-state index in [0.717, 1.165) is 5.69 Å². The van der Waals surface area contributed by atoms with Gasteiger partial charge in [0.05, 0.1) is 18.4 Å². The minimum atomic E-state index is -0.0389. The molecular weight excluding hydrogens is 286 g/mol. The van der Waals surface area contributed by atoms with Crippen LogP contribution in [-0.2, 0) is 9.53 Å². The third-order valence-corrected chi connectivity index (χ3v) is 3.39. The van der Waals surface area contributed by atoms with E-state index in [0.29, 0.717) is 25.4 Å². The molecule has 1 fully saturated rings. The molecule has 0 aliphatic carbocycles. The van der Waals surface area contributed by atoms with Crippen LogP contribution in [0.25, 0.3) is 5.69 Å². The van der Waals surface area contributed by atoms with E-state index in [-0.39, 0.29) is 18.6 Å². The van der Waals surface area contributed by atoms with Gasteiger partial charge in [-0.3, -0.25) is 4.79 Å². The van der Waals surface area contributed by atoms with Crippen molar-refractivity contribution in [2.45, 2.75) is 13.0 Å². The summed E-state index contributed by atoms with van der Waals surface area (Å²) in [6.07, 6.45) is 1.57. The molecule has 1 saturated heterocycles. The molecule has 0 radical (unpaired) electrons. The van der Waals surface area contributed by atoms with Crippen LogP contribution in [0.2, 0.25) is 0 Å². The highest BCUT2D eigenvalue weighted by molar-refractivity contribution is 5.77. The zero-order chi connectivity index (χ0) is 15.4. The van der Waals surface area contributed by atoms with Crippen LogP contribution in [0.5, 0.6) is 5.75 Å². The summed E-state index contributed by atoms with van der Waals surface area (Å²) in [5.74, 6) is 0.561. The zero-order valence-electron chi connectivity index (χ0n) is 12.3. The quantitative estimate of drug-likeness (QED) is 0.807. The summed E-state index contributed by atoms with van der Waals surface area (Å²) in [4.78, 5) is 13.9. The van der Waals surface area contributed by atoms with Gasteiger partial charge in [0, 0.05) is 19.2 Å². The molecule has 0 N–H and O–H groups in total. The van der Waals surface area contributed by atoms with Gasteiger partial charge < -0.3 is 14.4 Å². The van der Waals surface area contributed by atoms with E-state index >= 15 is 0 Å². The molecule has 2 aromatic rings. The Morgan fingerprint density at radius 3 is 3.18 bits per heavy atom. The molecule has 1 aromatic heterocycles. The van der Waals surface area contributed by atoms with Crippen LogP contribution in [0.1, 0.15) is 6.92 Å². The Morgan fingerprint density at radius 1 is 1.50 bits per heavy atom. The van der Waals surface area contributed by atoms with Gasteiger partial charge in [-0.25, -0.2) is 4.68 Å². The average molecular weight is 303 g/mol. The second kappa shape index (κ2) is 6.52. The third kappa shape index (κ3) is 3.40. The van der Waals surface area contributed by atoms with Gasteiger partial charge in [0.15, 0.2) is 6.61 Å². The number of carbonyl (C=O) groups excluding carboxylic acids is 1. The second-order valence-electron chi connectivity index (χ2n) is 5.06. The van der Waals surface area contributed by atoms with Gasteiger partial charge in [0.25, 0.3) is 5.91 Å². The Kier molecular flexibility index (Phi) is 4.29. The number of nitrogens with zero attached hydrogens (tertiary/aromatic N) is 5. The molecule has 8 nitrogen and oxygen atoms in total. The first-order valence-electron chi connectivity index (χ1n) is 7.08. The molecule has 22 heavy (non-hydrogen) atoms. The molecule has 1 aromatic carbocycles. The molecular formula is C14H17N5O3. The van der Waals surface area contributed by atoms with E-state index in [1.54, 1.807) is 17.0 Å². The number of ether oxygens (including phenoxy) is 2. The van der Waals surface area contributed by atoms with Crippen LogP contribution in [0, 0.1) is 0 Å². The molecule has 0 unspecified atom stereocenters. The molecule has 1 amide bonds. The van der Waals surface area contributed by atoms with Crippen molar-refractivity contribution in [1.82, 2.24) is 25.1 Å². The normalized spacial score (nSPS) is 18.2. The maximum Gasteiger partial charge on any atom is 0.260 e. The van der Waals surface area contributed by atoms with E-state index < -0.39 is 0 Å². The molecule has 3 rings (SSSR count). The van der Waals surface area contributed by atoms with Gasteiger partial charge in [0.1, 0.15) is 12.1 Å². The summed E-state index contributed by atoms with van der Waals surface area (Å²) in [6.45, 7) is 3.74. The Labute approximate surface area is 127 Å². The lowest BCUT2D eigenvalue weighted by atomic mass is 10.3. The fourth-order valence-corrected chi connectivity index (χ4v) is 2.28. The zero-order valence-corrected chi connectivity index (χ0v) is 12.3. The number of hydrogen-bond donors (Lipinski definition) is 0. The largest absolute Gasteiger partial charge is 0.484 e. The van der Waals surface area contributed by atoms with Crippen LogP contribution in [0.15, 0.2) is 30.6 Å². The Hall–Kier alpha value is -2.48. The molecule has 1 aliphatic rings. The smallest absolute Gasteiger partial charge is 0.260 e. The van der Waals surface area contributed by atoms with Crippen molar-refractivity contribution in [1.29, 1.82) is 0 Å². The lowest BCUT2D eigenvalue weighted by Crippen LogP contribution is -2.46. The minimum absolute atomic E-state index is 0.00573. The molecule has 1 aliphatic heterocycles. The van der Waals surface area contributed by atoms with Crippen molar-refractivity contribution in [3.63, 3.8) is 0 Å². The van der Waals surface area contributed by atoms with Crippen LogP contribution in [-0.4, -0.2) is 63.4 Å². The first-order valence-corrected chi connectivity index (χ1v) is 7.08. The van der Waals surface area contributed by atoms with Crippen molar-refractivity contribution in [3.05, 3.63) is 30.6 Å². The Morgan fingerprint density at radius 2 is 2.41 bits per heavy atom. The number of rotatable bonds is 4. The number of carbonyl (C=O) groups is 1. The lowest BCUT2D eigenvalue weighted by molar-refractivity contribution is -0.140. The Balaban J connectivity index is 1.59. The first kappa shape index (κ1) is 14.5. The van der Waals surface area contributed by atoms with E-state index in [1.807, 2.05) is 19.1 Å². The lowest BCUT2D eigenvalue weighted by Gasteiger charge is -2.31. The highest BCUT2D eigenvalue weighted by Crippen LogP contribution is 2.16. The molecule has 2 heterocycles. The van der Waals surface area contributed by atoms with E-state index in [4.69, 9.17) is 9.47 Å². The fraction of sp³-hybridized carbons (Fsp3) is 0.429. The number of benzene rings is 1. The average Bonchev–Trinajstić information content (AvgIpc) is 3.07. The number of amides is 1. The van der Waals surface area contributed by atoms with Crippen LogP contribution in [0.3, 0.4) is 0 Å². The fourth-order valence-electron chi connectivity index (χ4n) is 2.28. The second-order valence-corrected chi connectivity index (χ2v) is 5.06. The summed E-state index contributed by atoms with van der Waals surface area (Å²) >= 11 is 0. The molecule has 0 spiro atoms.